The summed E-state index contributed by atoms with van der Waals surface area (Å²) in [7, 11) is 0. The molecule has 0 atom stereocenters. The van der Waals surface area contributed by atoms with Gasteiger partial charge in [0, 0.05) is 17.9 Å². The van der Waals surface area contributed by atoms with Crippen molar-refractivity contribution >= 4 is 34.8 Å². The lowest BCUT2D eigenvalue weighted by molar-refractivity contribution is -0.136. The van der Waals surface area contributed by atoms with Crippen LogP contribution < -0.4 is 20.1 Å². The number of carbonyl (C=O) groups is 1. The number of nitrogens with zero attached hydrogens (tertiary/aromatic N) is 2. The molecule has 0 saturated heterocycles. The summed E-state index contributed by atoms with van der Waals surface area (Å²) in [5.74, 6) is -0.688. The fraction of sp³-hybridized carbons (Fsp3) is 0.316. The number of anilines is 1. The molecule has 0 radical (unpaired) electrons. The van der Waals surface area contributed by atoms with Crippen LogP contribution in [0, 0.1) is 11.3 Å². The van der Waals surface area contributed by atoms with E-state index in [2.05, 4.69) is 5.32 Å². The number of carbonyl (C=O) groups excluding carboxylic acids is 1. The van der Waals surface area contributed by atoms with Gasteiger partial charge in [-0.05, 0) is 38.3 Å². The highest BCUT2D eigenvalue weighted by Gasteiger charge is 2.25. The van der Waals surface area contributed by atoms with Crippen LogP contribution in [0.5, 0.6) is 0 Å². The Morgan fingerprint density at radius 2 is 2.15 bits per heavy atom. The third-order valence-corrected chi connectivity index (χ3v) is 5.35. The first-order chi connectivity index (χ1) is 12.7. The number of benzene rings is 1. The van der Waals surface area contributed by atoms with Crippen LogP contribution in [0.3, 0.4) is 0 Å². The molecular formula is C19H19N3O3S. The van der Waals surface area contributed by atoms with E-state index in [1.165, 1.54) is 0 Å². The highest BCUT2D eigenvalue weighted by Crippen LogP contribution is 2.29. The summed E-state index contributed by atoms with van der Waals surface area (Å²) >= 11 is 1.14. The summed E-state index contributed by atoms with van der Waals surface area (Å²) in [4.78, 5) is 25.0. The molecule has 134 valence electrons. The van der Waals surface area contributed by atoms with Crippen molar-refractivity contribution in [1.29, 1.82) is 5.26 Å². The van der Waals surface area contributed by atoms with Crippen molar-refractivity contribution in [1.82, 2.24) is 4.57 Å². The number of esters is 1. The molecule has 3 rings (SSSR count). The number of rotatable bonds is 5. The average Bonchev–Trinajstić information content (AvgIpc) is 2.90. The summed E-state index contributed by atoms with van der Waals surface area (Å²) in [6.07, 6.45) is 4.41. The summed E-state index contributed by atoms with van der Waals surface area (Å²) in [5, 5.41) is 12.6. The second-order valence-corrected chi connectivity index (χ2v) is 6.92. The molecule has 0 unspecified atom stereocenters. The zero-order valence-electron chi connectivity index (χ0n) is 14.4. The van der Waals surface area contributed by atoms with Crippen molar-refractivity contribution in [2.45, 2.75) is 32.2 Å². The van der Waals surface area contributed by atoms with Gasteiger partial charge in [-0.2, -0.15) is 5.26 Å². The van der Waals surface area contributed by atoms with Crippen LogP contribution in [-0.2, 0) is 9.53 Å². The Hall–Kier alpha value is -2.85. The zero-order chi connectivity index (χ0) is 18.5. The van der Waals surface area contributed by atoms with Gasteiger partial charge in [0.1, 0.15) is 15.3 Å². The Balaban J connectivity index is 2.14. The molecule has 1 aliphatic rings. The predicted octanol–water partition coefficient (Wildman–Crippen LogP) is 1.72. The van der Waals surface area contributed by atoms with Crippen molar-refractivity contribution in [2.75, 3.05) is 11.9 Å². The van der Waals surface area contributed by atoms with Crippen molar-refractivity contribution in [3.63, 3.8) is 0 Å². The van der Waals surface area contributed by atoms with Crippen LogP contribution in [0.25, 0.3) is 11.8 Å². The van der Waals surface area contributed by atoms with Gasteiger partial charge in [-0.1, -0.05) is 18.2 Å². The van der Waals surface area contributed by atoms with Gasteiger partial charge in [-0.15, -0.1) is 11.3 Å². The molecule has 6 nitrogen and oxygen atoms in total. The van der Waals surface area contributed by atoms with Gasteiger partial charge in [-0.25, -0.2) is 4.79 Å². The molecule has 0 aliphatic heterocycles. The molecule has 1 N–H and O–H groups in total. The smallest absolute Gasteiger partial charge is 0.351 e. The number of hydrogen-bond acceptors (Lipinski definition) is 6. The first-order valence-electron chi connectivity index (χ1n) is 8.50. The van der Waals surface area contributed by atoms with Crippen molar-refractivity contribution in [2.24, 2.45) is 0 Å². The molecule has 26 heavy (non-hydrogen) atoms. The number of thiazole rings is 1. The lowest BCUT2D eigenvalue weighted by atomic mass is 9.93. The van der Waals surface area contributed by atoms with Crippen molar-refractivity contribution in [3.8, 4) is 6.07 Å². The molecular weight excluding hydrogens is 350 g/mol. The number of nitriles is 1. The summed E-state index contributed by atoms with van der Waals surface area (Å²) in [6, 6.07) is 11.4. The largest absolute Gasteiger partial charge is 0.462 e. The monoisotopic (exact) mass is 369 g/mol. The quantitative estimate of drug-likeness (QED) is 0.812. The number of hydrogen-bond donors (Lipinski definition) is 1. The molecule has 7 heteroatoms. The molecule has 1 saturated carbocycles. The van der Waals surface area contributed by atoms with Gasteiger partial charge in [0.05, 0.1) is 6.61 Å². The number of aromatic nitrogens is 1. The van der Waals surface area contributed by atoms with Crippen LogP contribution in [-0.4, -0.2) is 17.1 Å². The molecule has 0 amide bonds. The first-order valence-corrected chi connectivity index (χ1v) is 9.32. The molecule has 1 aromatic carbocycles. The Kier molecular flexibility index (Phi) is 5.54. The van der Waals surface area contributed by atoms with Crippen LogP contribution in [0.15, 0.2) is 35.1 Å². The molecule has 1 aromatic heterocycles. The Morgan fingerprint density at radius 3 is 2.73 bits per heavy atom. The standard InChI is InChI=1S/C19H19N3O3S/c1-2-25-19(24)15(11-20)18-22(14-9-6-10-14)17(23)16(26-18)12-21-13-7-4-3-5-8-13/h3-5,7-8,12,14,21H,2,6,9-10H2,1H3/b16-12+,18-15-. The van der Waals surface area contributed by atoms with E-state index >= 15 is 0 Å². The number of ether oxygens (including phenoxy) is 1. The number of para-hydroxylation sites is 1. The van der Waals surface area contributed by atoms with Crippen LogP contribution in [0.2, 0.25) is 0 Å². The summed E-state index contributed by atoms with van der Waals surface area (Å²) in [5.41, 5.74) is 0.558. The molecule has 2 aromatic rings. The Labute approximate surface area is 154 Å². The lowest BCUT2D eigenvalue weighted by Crippen LogP contribution is -2.38. The maximum atomic E-state index is 12.9. The van der Waals surface area contributed by atoms with E-state index in [1.807, 2.05) is 36.4 Å². The Bertz CT molecular complexity index is 1010. The van der Waals surface area contributed by atoms with E-state index in [4.69, 9.17) is 4.74 Å². The van der Waals surface area contributed by atoms with Crippen molar-refractivity contribution in [3.05, 3.63) is 49.9 Å². The van der Waals surface area contributed by atoms with Gasteiger partial charge in [0.25, 0.3) is 5.56 Å². The molecule has 1 aliphatic carbocycles. The molecule has 0 bridgehead atoms. The SMILES string of the molecule is CCOC(=O)/C(C#N)=c1\s/c(=C/Nc2ccccc2)c(=O)n1C1CCC1. The third-order valence-electron chi connectivity index (χ3n) is 4.24. The minimum atomic E-state index is -0.688. The lowest BCUT2D eigenvalue weighted by Gasteiger charge is -2.26. The van der Waals surface area contributed by atoms with E-state index in [1.54, 1.807) is 17.7 Å². The van der Waals surface area contributed by atoms with Crippen LogP contribution in [0.4, 0.5) is 5.69 Å². The highest BCUT2D eigenvalue weighted by atomic mass is 32.1. The molecule has 1 heterocycles. The van der Waals surface area contributed by atoms with E-state index in [9.17, 15) is 14.9 Å². The average molecular weight is 369 g/mol. The minimum absolute atomic E-state index is 0.0328. The summed E-state index contributed by atoms with van der Waals surface area (Å²) < 4.78 is 7.39. The zero-order valence-corrected chi connectivity index (χ0v) is 15.2. The number of nitrogens with one attached hydrogen (secondary N) is 1. The molecule has 0 spiro atoms. The van der Waals surface area contributed by atoms with Gasteiger partial charge >= 0.3 is 5.97 Å². The van der Waals surface area contributed by atoms with E-state index in [0.717, 1.165) is 36.3 Å². The van der Waals surface area contributed by atoms with Gasteiger partial charge in [-0.3, -0.25) is 9.36 Å². The second-order valence-electron chi connectivity index (χ2n) is 5.89. The second kappa shape index (κ2) is 8.02. The summed E-state index contributed by atoms with van der Waals surface area (Å²) in [6.45, 7) is 1.86. The fourth-order valence-corrected chi connectivity index (χ4v) is 3.79. The molecule has 1 fully saturated rings. The topological polar surface area (TPSA) is 84.1 Å². The van der Waals surface area contributed by atoms with E-state index < -0.39 is 5.97 Å². The minimum Gasteiger partial charge on any atom is -0.462 e. The van der Waals surface area contributed by atoms with Gasteiger partial charge in [0.2, 0.25) is 0 Å². The van der Waals surface area contributed by atoms with Crippen LogP contribution in [0.1, 0.15) is 32.2 Å². The normalized spacial score (nSPS) is 15.8. The van der Waals surface area contributed by atoms with E-state index in [0.29, 0.717) is 9.20 Å². The van der Waals surface area contributed by atoms with Crippen molar-refractivity contribution < 1.29 is 9.53 Å². The van der Waals surface area contributed by atoms with Gasteiger partial charge < -0.3 is 10.1 Å². The third kappa shape index (κ3) is 3.55. The van der Waals surface area contributed by atoms with Gasteiger partial charge in [0.15, 0.2) is 5.57 Å². The maximum Gasteiger partial charge on any atom is 0.351 e. The fourth-order valence-electron chi connectivity index (χ4n) is 2.71. The first kappa shape index (κ1) is 18.0. The maximum absolute atomic E-state index is 12.9. The highest BCUT2D eigenvalue weighted by molar-refractivity contribution is 7.07. The Morgan fingerprint density at radius 1 is 1.42 bits per heavy atom. The van der Waals surface area contributed by atoms with Crippen LogP contribution >= 0.6 is 11.3 Å². The predicted molar refractivity (Wildman–Crippen MR) is 101 cm³/mol. The van der Waals surface area contributed by atoms with E-state index in [-0.39, 0.29) is 23.8 Å².